The van der Waals surface area contributed by atoms with Crippen LogP contribution in [0.2, 0.25) is 0 Å². The predicted molar refractivity (Wildman–Crippen MR) is 97.9 cm³/mol. The first-order valence-electron chi connectivity index (χ1n) is 8.44. The molecule has 0 spiro atoms. The topological polar surface area (TPSA) is 58.6 Å². The van der Waals surface area contributed by atoms with Crippen molar-refractivity contribution in [3.63, 3.8) is 0 Å². The number of carbonyl (C=O) groups excluding carboxylic acids is 2. The van der Waals surface area contributed by atoms with E-state index in [0.717, 1.165) is 5.56 Å². The molecular formula is C20H22N2O3. The Morgan fingerprint density at radius 1 is 1.20 bits per heavy atom. The average molecular weight is 338 g/mol. The molecule has 0 saturated carbocycles. The molecule has 25 heavy (non-hydrogen) atoms. The molecule has 5 heteroatoms. The maximum Gasteiger partial charge on any atom is 0.265 e. The van der Waals surface area contributed by atoms with Gasteiger partial charge in [0.15, 0.2) is 6.61 Å². The van der Waals surface area contributed by atoms with Gasteiger partial charge in [-0.1, -0.05) is 44.2 Å². The van der Waals surface area contributed by atoms with E-state index in [2.05, 4.69) is 19.2 Å². The van der Waals surface area contributed by atoms with Gasteiger partial charge in [0.25, 0.3) is 5.91 Å². The summed E-state index contributed by atoms with van der Waals surface area (Å²) in [5.74, 6) is 0.853. The third-order valence-electron chi connectivity index (χ3n) is 3.94. The zero-order chi connectivity index (χ0) is 17.8. The summed E-state index contributed by atoms with van der Waals surface area (Å²) in [4.78, 5) is 26.2. The smallest absolute Gasteiger partial charge is 0.265 e. The maximum absolute atomic E-state index is 12.3. The lowest BCUT2D eigenvalue weighted by atomic mass is 10.1. The highest BCUT2D eigenvalue weighted by atomic mass is 16.5. The molecule has 0 radical (unpaired) electrons. The lowest BCUT2D eigenvalue weighted by molar-refractivity contribution is -0.121. The molecule has 2 aromatic carbocycles. The molecule has 2 aromatic rings. The van der Waals surface area contributed by atoms with Crippen LogP contribution in [0.25, 0.3) is 0 Å². The average Bonchev–Trinajstić information content (AvgIpc) is 2.58. The van der Waals surface area contributed by atoms with E-state index in [1.54, 1.807) is 23.1 Å². The van der Waals surface area contributed by atoms with E-state index in [4.69, 9.17) is 4.74 Å². The second-order valence-corrected chi connectivity index (χ2v) is 6.58. The van der Waals surface area contributed by atoms with Crippen LogP contribution < -0.4 is 15.0 Å². The van der Waals surface area contributed by atoms with Crippen molar-refractivity contribution < 1.29 is 14.3 Å². The molecule has 0 aliphatic carbocycles. The summed E-state index contributed by atoms with van der Waals surface area (Å²) in [6, 6.07) is 15.0. The van der Waals surface area contributed by atoms with Crippen molar-refractivity contribution in [2.45, 2.75) is 20.3 Å². The van der Waals surface area contributed by atoms with Crippen LogP contribution in [0.15, 0.2) is 48.5 Å². The fourth-order valence-corrected chi connectivity index (χ4v) is 2.83. The van der Waals surface area contributed by atoms with Crippen LogP contribution in [-0.2, 0) is 16.0 Å². The number of hydrogen-bond acceptors (Lipinski definition) is 3. The summed E-state index contributed by atoms with van der Waals surface area (Å²) in [5, 5.41) is 2.90. The molecule has 0 saturated heterocycles. The van der Waals surface area contributed by atoms with Gasteiger partial charge in [-0.05, 0) is 29.7 Å². The van der Waals surface area contributed by atoms with Crippen LogP contribution in [0, 0.1) is 5.92 Å². The Bertz CT molecular complexity index is 772. The maximum atomic E-state index is 12.3. The van der Waals surface area contributed by atoms with Crippen molar-refractivity contribution in [3.05, 3.63) is 54.1 Å². The van der Waals surface area contributed by atoms with Crippen LogP contribution in [-0.4, -0.2) is 25.0 Å². The van der Waals surface area contributed by atoms with Gasteiger partial charge in [-0.3, -0.25) is 9.59 Å². The first-order valence-corrected chi connectivity index (χ1v) is 8.44. The molecule has 0 bridgehead atoms. The second-order valence-electron chi connectivity index (χ2n) is 6.58. The first kappa shape index (κ1) is 17.0. The number of benzene rings is 2. The Hall–Kier alpha value is -2.82. The summed E-state index contributed by atoms with van der Waals surface area (Å²) in [7, 11) is 0. The molecule has 1 N–H and O–H groups in total. The summed E-state index contributed by atoms with van der Waals surface area (Å²) in [6.45, 7) is 4.80. The summed E-state index contributed by atoms with van der Waals surface area (Å²) in [5.41, 5.74) is 2.33. The molecule has 130 valence electrons. The lowest BCUT2D eigenvalue weighted by Crippen LogP contribution is -2.41. The number of anilines is 2. The molecule has 1 aliphatic rings. The summed E-state index contributed by atoms with van der Waals surface area (Å²) < 4.78 is 5.50. The lowest BCUT2D eigenvalue weighted by Gasteiger charge is -2.31. The fraction of sp³-hybridized carbons (Fsp3) is 0.300. The number of carbonyl (C=O) groups is 2. The van der Waals surface area contributed by atoms with Gasteiger partial charge >= 0.3 is 0 Å². The second kappa shape index (κ2) is 7.38. The standard InChI is InChI=1S/C20H22N2O3/c1-14(2)12-22-17-11-16(8-9-18(17)25-13-20(22)24)21-19(23)10-15-6-4-3-5-7-15/h3-9,11,14H,10,12-13H2,1-2H3,(H,21,23). The van der Waals surface area contributed by atoms with Crippen LogP contribution in [0.1, 0.15) is 19.4 Å². The van der Waals surface area contributed by atoms with E-state index in [-0.39, 0.29) is 18.4 Å². The summed E-state index contributed by atoms with van der Waals surface area (Å²) >= 11 is 0. The highest BCUT2D eigenvalue weighted by Gasteiger charge is 2.26. The Morgan fingerprint density at radius 3 is 2.68 bits per heavy atom. The zero-order valence-corrected chi connectivity index (χ0v) is 14.5. The van der Waals surface area contributed by atoms with Gasteiger partial charge in [0.2, 0.25) is 5.91 Å². The molecule has 0 fully saturated rings. The van der Waals surface area contributed by atoms with Gasteiger partial charge in [-0.25, -0.2) is 0 Å². The van der Waals surface area contributed by atoms with Crippen LogP contribution >= 0.6 is 0 Å². The largest absolute Gasteiger partial charge is 0.482 e. The van der Waals surface area contributed by atoms with Crippen LogP contribution in [0.4, 0.5) is 11.4 Å². The molecule has 0 unspecified atom stereocenters. The molecule has 1 aliphatic heterocycles. The molecule has 3 rings (SSSR count). The van der Waals surface area contributed by atoms with Crippen LogP contribution in [0.5, 0.6) is 5.75 Å². The molecule has 5 nitrogen and oxygen atoms in total. The number of ether oxygens (including phenoxy) is 1. The van der Waals surface area contributed by atoms with Gasteiger partial charge in [0.05, 0.1) is 12.1 Å². The quantitative estimate of drug-likeness (QED) is 0.910. The van der Waals surface area contributed by atoms with E-state index in [9.17, 15) is 9.59 Å². The van der Waals surface area contributed by atoms with Gasteiger partial charge in [0, 0.05) is 12.2 Å². The Labute approximate surface area is 147 Å². The molecule has 0 aromatic heterocycles. The highest BCUT2D eigenvalue weighted by molar-refractivity contribution is 5.99. The van der Waals surface area contributed by atoms with E-state index in [1.165, 1.54) is 0 Å². The Kier molecular flexibility index (Phi) is 5.03. The van der Waals surface area contributed by atoms with Crippen molar-refractivity contribution in [2.75, 3.05) is 23.4 Å². The SMILES string of the molecule is CC(C)CN1C(=O)COc2ccc(NC(=O)Cc3ccccc3)cc21. The number of fused-ring (bicyclic) bond motifs is 1. The van der Waals surface area contributed by atoms with Gasteiger partial charge in [-0.2, -0.15) is 0 Å². The molecule has 1 heterocycles. The minimum atomic E-state index is -0.0930. The predicted octanol–water partition coefficient (Wildman–Crippen LogP) is 3.25. The normalized spacial score (nSPS) is 13.4. The number of nitrogens with one attached hydrogen (secondary N) is 1. The third kappa shape index (κ3) is 4.18. The van der Waals surface area contributed by atoms with Crippen molar-refractivity contribution >= 4 is 23.2 Å². The van der Waals surface area contributed by atoms with Crippen molar-refractivity contribution in [1.29, 1.82) is 0 Å². The van der Waals surface area contributed by atoms with E-state index < -0.39 is 0 Å². The van der Waals surface area contributed by atoms with E-state index >= 15 is 0 Å². The van der Waals surface area contributed by atoms with Crippen LogP contribution in [0.3, 0.4) is 0 Å². The zero-order valence-electron chi connectivity index (χ0n) is 14.5. The van der Waals surface area contributed by atoms with Crippen molar-refractivity contribution in [3.8, 4) is 5.75 Å². The molecular weight excluding hydrogens is 316 g/mol. The number of amides is 2. The first-order chi connectivity index (χ1) is 12.0. The fourth-order valence-electron chi connectivity index (χ4n) is 2.83. The Balaban J connectivity index is 1.76. The Morgan fingerprint density at radius 2 is 1.96 bits per heavy atom. The van der Waals surface area contributed by atoms with E-state index in [1.807, 2.05) is 30.3 Å². The highest BCUT2D eigenvalue weighted by Crippen LogP contribution is 2.35. The third-order valence-corrected chi connectivity index (χ3v) is 3.94. The monoisotopic (exact) mass is 338 g/mol. The minimum absolute atomic E-state index is 0.0550. The van der Waals surface area contributed by atoms with Crippen molar-refractivity contribution in [2.24, 2.45) is 5.92 Å². The van der Waals surface area contributed by atoms with E-state index in [0.29, 0.717) is 36.0 Å². The number of nitrogens with zero attached hydrogens (tertiary/aromatic N) is 1. The molecule has 0 atom stereocenters. The molecule has 2 amide bonds. The minimum Gasteiger partial charge on any atom is -0.482 e. The number of hydrogen-bond donors (Lipinski definition) is 1. The number of rotatable bonds is 5. The van der Waals surface area contributed by atoms with Gasteiger partial charge in [-0.15, -0.1) is 0 Å². The summed E-state index contributed by atoms with van der Waals surface area (Å²) in [6.07, 6.45) is 0.309. The van der Waals surface area contributed by atoms with Gasteiger partial charge in [0.1, 0.15) is 5.75 Å². The van der Waals surface area contributed by atoms with Gasteiger partial charge < -0.3 is 15.0 Å². The van der Waals surface area contributed by atoms with Crippen molar-refractivity contribution in [1.82, 2.24) is 0 Å².